The highest BCUT2D eigenvalue weighted by Gasteiger charge is 2.09. The molecule has 1 heterocycles. The number of nitrogens with one attached hydrogen (secondary N) is 1. The molecule has 4 heteroatoms. The van der Waals surface area contributed by atoms with E-state index < -0.39 is 0 Å². The number of hydrogen-bond donors (Lipinski definition) is 1. The Balaban J connectivity index is 1.98. The third kappa shape index (κ3) is 4.41. The molecule has 0 bridgehead atoms. The molecule has 1 atom stereocenters. The first kappa shape index (κ1) is 14.7. The largest absolute Gasteiger partial charge is 0.309 e. The summed E-state index contributed by atoms with van der Waals surface area (Å²) in [5.74, 6) is 0. The number of hydrogen-bond acceptors (Lipinski definition) is 3. The second-order valence-electron chi connectivity index (χ2n) is 4.65. The second kappa shape index (κ2) is 7.17. The molecule has 0 saturated heterocycles. The van der Waals surface area contributed by atoms with Gasteiger partial charge in [0.05, 0.1) is 10.7 Å². The number of nitrogens with zero attached hydrogens (tertiary/aromatic N) is 1. The first-order chi connectivity index (χ1) is 9.19. The molecule has 0 aliphatic rings. The Kier molecular flexibility index (Phi) is 5.55. The summed E-state index contributed by atoms with van der Waals surface area (Å²) in [6.45, 7) is 5.40. The van der Waals surface area contributed by atoms with Crippen molar-refractivity contribution in [3.05, 3.63) is 50.4 Å². The highest BCUT2D eigenvalue weighted by atomic mass is 79.9. The van der Waals surface area contributed by atoms with Crippen molar-refractivity contribution < 1.29 is 0 Å². The molecule has 2 rings (SSSR count). The number of aromatic nitrogens is 1. The minimum Gasteiger partial charge on any atom is -0.309 e. The van der Waals surface area contributed by atoms with Gasteiger partial charge >= 0.3 is 0 Å². The van der Waals surface area contributed by atoms with Crippen LogP contribution in [0.2, 0.25) is 0 Å². The van der Waals surface area contributed by atoms with Gasteiger partial charge in [0.1, 0.15) is 0 Å². The summed E-state index contributed by atoms with van der Waals surface area (Å²) in [7, 11) is 0. The van der Waals surface area contributed by atoms with Crippen molar-refractivity contribution in [2.75, 3.05) is 6.54 Å². The number of thiazole rings is 1. The van der Waals surface area contributed by atoms with Gasteiger partial charge in [0.2, 0.25) is 0 Å². The average Bonchev–Trinajstić information content (AvgIpc) is 2.87. The first-order valence-corrected chi connectivity index (χ1v) is 8.28. The van der Waals surface area contributed by atoms with Crippen LogP contribution in [0, 0.1) is 0 Å². The molecular formula is C15H19BrN2S. The van der Waals surface area contributed by atoms with E-state index in [1.165, 1.54) is 10.6 Å². The maximum Gasteiger partial charge on any atom is 0.0972 e. The molecule has 1 unspecified atom stereocenters. The predicted molar refractivity (Wildman–Crippen MR) is 85.8 cm³/mol. The summed E-state index contributed by atoms with van der Waals surface area (Å²) in [5.41, 5.74) is 2.46. The van der Waals surface area contributed by atoms with Crippen LogP contribution in [0.25, 0.3) is 0 Å². The van der Waals surface area contributed by atoms with E-state index >= 15 is 0 Å². The van der Waals surface area contributed by atoms with Gasteiger partial charge in [0.25, 0.3) is 0 Å². The van der Waals surface area contributed by atoms with E-state index in [1.807, 2.05) is 0 Å². The van der Waals surface area contributed by atoms with E-state index in [9.17, 15) is 0 Å². The molecule has 1 N–H and O–H groups in total. The Hall–Kier alpha value is -0.710. The SMILES string of the molecule is CCCNC(C)c1csc(Cc2ccc(Br)cc2)n1. The Bertz CT molecular complexity index is 507. The fourth-order valence-corrected chi connectivity index (χ4v) is 3.03. The van der Waals surface area contributed by atoms with Gasteiger partial charge in [-0.25, -0.2) is 4.98 Å². The van der Waals surface area contributed by atoms with E-state index in [1.54, 1.807) is 11.3 Å². The average molecular weight is 339 g/mol. The minimum absolute atomic E-state index is 0.342. The summed E-state index contributed by atoms with van der Waals surface area (Å²) in [4.78, 5) is 4.73. The maximum absolute atomic E-state index is 4.73. The molecule has 2 aromatic rings. The Labute approximate surface area is 127 Å². The van der Waals surface area contributed by atoms with E-state index in [2.05, 4.69) is 64.7 Å². The van der Waals surface area contributed by atoms with Crippen molar-refractivity contribution in [1.82, 2.24) is 10.3 Å². The Morgan fingerprint density at radius 3 is 2.74 bits per heavy atom. The van der Waals surface area contributed by atoms with Crippen molar-refractivity contribution in [2.45, 2.75) is 32.7 Å². The first-order valence-electron chi connectivity index (χ1n) is 6.61. The lowest BCUT2D eigenvalue weighted by Gasteiger charge is -2.09. The van der Waals surface area contributed by atoms with Crippen LogP contribution in [0.4, 0.5) is 0 Å². The maximum atomic E-state index is 4.73. The topological polar surface area (TPSA) is 24.9 Å². The van der Waals surface area contributed by atoms with Gasteiger partial charge < -0.3 is 5.32 Å². The highest BCUT2D eigenvalue weighted by Crippen LogP contribution is 2.20. The van der Waals surface area contributed by atoms with Gasteiger partial charge in [-0.3, -0.25) is 0 Å². The summed E-state index contributed by atoms with van der Waals surface area (Å²) in [5, 5.41) is 6.82. The fourth-order valence-electron chi connectivity index (χ4n) is 1.85. The molecule has 0 fully saturated rings. The van der Waals surface area contributed by atoms with Gasteiger partial charge in [-0.2, -0.15) is 0 Å². The number of rotatable bonds is 6. The van der Waals surface area contributed by atoms with Gasteiger partial charge in [-0.1, -0.05) is 35.0 Å². The molecule has 0 amide bonds. The molecule has 1 aromatic carbocycles. The zero-order valence-electron chi connectivity index (χ0n) is 11.3. The molecule has 0 spiro atoms. The molecule has 0 aliphatic carbocycles. The molecule has 19 heavy (non-hydrogen) atoms. The van der Waals surface area contributed by atoms with Crippen LogP contribution in [-0.4, -0.2) is 11.5 Å². The Morgan fingerprint density at radius 2 is 2.05 bits per heavy atom. The molecule has 0 aliphatic heterocycles. The number of halogens is 1. The van der Waals surface area contributed by atoms with Crippen molar-refractivity contribution in [2.24, 2.45) is 0 Å². The van der Waals surface area contributed by atoms with Crippen LogP contribution in [0.3, 0.4) is 0 Å². The smallest absolute Gasteiger partial charge is 0.0972 e. The molecular weight excluding hydrogens is 320 g/mol. The summed E-state index contributed by atoms with van der Waals surface area (Å²) >= 11 is 5.20. The van der Waals surface area contributed by atoms with Crippen molar-refractivity contribution in [3.8, 4) is 0 Å². The number of benzene rings is 1. The predicted octanol–water partition coefficient (Wildman–Crippen LogP) is 4.56. The van der Waals surface area contributed by atoms with Gasteiger partial charge in [-0.15, -0.1) is 11.3 Å². The van der Waals surface area contributed by atoms with Crippen molar-refractivity contribution in [3.63, 3.8) is 0 Å². The molecule has 0 radical (unpaired) electrons. The summed E-state index contributed by atoms with van der Waals surface area (Å²) < 4.78 is 1.12. The fraction of sp³-hybridized carbons (Fsp3) is 0.400. The zero-order valence-corrected chi connectivity index (χ0v) is 13.7. The van der Waals surface area contributed by atoms with Crippen LogP contribution in [0.1, 0.15) is 42.6 Å². The lowest BCUT2D eigenvalue weighted by Crippen LogP contribution is -2.19. The summed E-state index contributed by atoms with van der Waals surface area (Å²) in [6, 6.07) is 8.79. The van der Waals surface area contributed by atoms with E-state index in [4.69, 9.17) is 4.98 Å². The van der Waals surface area contributed by atoms with Crippen molar-refractivity contribution >= 4 is 27.3 Å². The Morgan fingerprint density at radius 1 is 1.32 bits per heavy atom. The molecule has 102 valence electrons. The standard InChI is InChI=1S/C15H19BrN2S/c1-3-8-17-11(2)14-10-19-15(18-14)9-12-4-6-13(16)7-5-12/h4-7,10-11,17H,3,8-9H2,1-2H3. The molecule has 0 saturated carbocycles. The third-order valence-electron chi connectivity index (χ3n) is 2.98. The lowest BCUT2D eigenvalue weighted by molar-refractivity contribution is 0.560. The van der Waals surface area contributed by atoms with Crippen molar-refractivity contribution in [1.29, 1.82) is 0 Å². The van der Waals surface area contributed by atoms with Crippen LogP contribution in [-0.2, 0) is 6.42 Å². The second-order valence-corrected chi connectivity index (χ2v) is 6.50. The van der Waals surface area contributed by atoms with Gasteiger partial charge in [-0.05, 0) is 37.6 Å². The third-order valence-corrected chi connectivity index (χ3v) is 4.38. The quantitative estimate of drug-likeness (QED) is 0.835. The lowest BCUT2D eigenvalue weighted by atomic mass is 10.2. The zero-order chi connectivity index (χ0) is 13.7. The minimum atomic E-state index is 0.342. The van der Waals surface area contributed by atoms with Crippen LogP contribution < -0.4 is 5.32 Å². The molecule has 2 nitrogen and oxygen atoms in total. The summed E-state index contributed by atoms with van der Waals surface area (Å²) in [6.07, 6.45) is 2.07. The normalized spacial score (nSPS) is 12.6. The van der Waals surface area contributed by atoms with E-state index in [0.29, 0.717) is 6.04 Å². The molecule has 1 aromatic heterocycles. The van der Waals surface area contributed by atoms with Crippen LogP contribution in [0.5, 0.6) is 0 Å². The van der Waals surface area contributed by atoms with Crippen LogP contribution in [0.15, 0.2) is 34.1 Å². The monoisotopic (exact) mass is 338 g/mol. The van der Waals surface area contributed by atoms with Gasteiger partial charge in [0.15, 0.2) is 0 Å². The van der Waals surface area contributed by atoms with E-state index in [0.717, 1.165) is 29.6 Å². The van der Waals surface area contributed by atoms with Crippen LogP contribution >= 0.6 is 27.3 Å². The van der Waals surface area contributed by atoms with E-state index in [-0.39, 0.29) is 0 Å². The highest BCUT2D eigenvalue weighted by molar-refractivity contribution is 9.10. The van der Waals surface area contributed by atoms with Gasteiger partial charge in [0, 0.05) is 22.3 Å².